The Morgan fingerprint density at radius 3 is 1.12 bits per heavy atom. The molecular weight excluding hydrogens is 336 g/mol. The van der Waals surface area contributed by atoms with E-state index < -0.39 is 0 Å². The zero-order valence-corrected chi connectivity index (χ0v) is 13.9. The minimum atomic E-state index is 0. The molecule has 0 aliphatic heterocycles. The summed E-state index contributed by atoms with van der Waals surface area (Å²) in [4.78, 5) is 16.8. The van der Waals surface area contributed by atoms with Crippen LogP contribution in [0.15, 0.2) is 83.3 Å². The van der Waals surface area contributed by atoms with E-state index in [0.717, 1.165) is 22.5 Å². The minimum absolute atomic E-state index is 0. The summed E-state index contributed by atoms with van der Waals surface area (Å²) in [6, 6.07) is 15.4. The first-order valence-electron chi connectivity index (χ1n) is 6.88. The van der Waals surface area contributed by atoms with E-state index >= 15 is 0 Å². The molecule has 0 aliphatic carbocycles. The Hall–Kier alpha value is -3.30. The van der Waals surface area contributed by atoms with Gasteiger partial charge in [-0.25, -0.2) is 0 Å². The molecule has 0 saturated heterocycles. The maximum Gasteiger partial charge on any atom is 0.0631 e. The third-order valence-corrected chi connectivity index (χ3v) is 2.99. The highest BCUT2D eigenvalue weighted by atomic mass is 16.0. The molecule has 8 heteroatoms. The Morgan fingerprint density at radius 2 is 0.808 bits per heavy atom. The molecule has 0 bridgehead atoms. The smallest absolute Gasteiger partial charge is 0.0631 e. The van der Waals surface area contributed by atoms with Crippen LogP contribution in [0.1, 0.15) is 11.1 Å². The van der Waals surface area contributed by atoms with Crippen LogP contribution in [0, 0.1) is 0 Å². The SMILES string of the molecule is C(=Nc1ccc(N=Cc2ccncc2)cc1)c1ccncc1.O.O.O.O. The van der Waals surface area contributed by atoms with Crippen molar-refractivity contribution in [3.8, 4) is 0 Å². The van der Waals surface area contributed by atoms with Crippen molar-refractivity contribution in [3.63, 3.8) is 0 Å². The fraction of sp³-hybridized carbons (Fsp3) is 0. The van der Waals surface area contributed by atoms with E-state index in [1.807, 2.05) is 61.0 Å². The van der Waals surface area contributed by atoms with Crippen molar-refractivity contribution in [1.29, 1.82) is 0 Å². The van der Waals surface area contributed by atoms with Gasteiger partial charge in [0, 0.05) is 37.2 Å². The number of aromatic nitrogens is 2. The molecular formula is C18H22N4O4. The van der Waals surface area contributed by atoms with Crippen LogP contribution in [-0.4, -0.2) is 44.3 Å². The van der Waals surface area contributed by atoms with E-state index in [0.29, 0.717) is 0 Å². The average molecular weight is 358 g/mol. The molecule has 0 aliphatic rings. The summed E-state index contributed by atoms with van der Waals surface area (Å²) in [7, 11) is 0. The van der Waals surface area contributed by atoms with E-state index in [4.69, 9.17) is 0 Å². The number of nitrogens with zero attached hydrogens (tertiary/aromatic N) is 4. The Bertz CT molecular complexity index is 711. The first kappa shape index (κ1) is 24.9. The predicted molar refractivity (Wildman–Crippen MR) is 104 cm³/mol. The highest BCUT2D eigenvalue weighted by Gasteiger charge is 1.92. The van der Waals surface area contributed by atoms with Crippen LogP contribution in [0.3, 0.4) is 0 Å². The molecule has 0 saturated carbocycles. The van der Waals surface area contributed by atoms with Crippen LogP contribution in [0.5, 0.6) is 0 Å². The van der Waals surface area contributed by atoms with Gasteiger partial charge in [0.2, 0.25) is 0 Å². The molecule has 26 heavy (non-hydrogen) atoms. The van der Waals surface area contributed by atoms with Gasteiger partial charge in [-0.1, -0.05) is 0 Å². The second-order valence-corrected chi connectivity index (χ2v) is 4.59. The van der Waals surface area contributed by atoms with Gasteiger partial charge in [-0.05, 0) is 59.7 Å². The van der Waals surface area contributed by atoms with Crippen LogP contribution in [-0.2, 0) is 0 Å². The molecule has 0 amide bonds. The van der Waals surface area contributed by atoms with Gasteiger partial charge in [-0.3, -0.25) is 20.0 Å². The molecule has 0 unspecified atom stereocenters. The molecule has 2 aromatic heterocycles. The van der Waals surface area contributed by atoms with Gasteiger partial charge < -0.3 is 21.9 Å². The average Bonchev–Trinajstić information content (AvgIpc) is 2.61. The fourth-order valence-electron chi connectivity index (χ4n) is 1.82. The molecule has 8 nitrogen and oxygen atoms in total. The summed E-state index contributed by atoms with van der Waals surface area (Å²) in [6.45, 7) is 0. The van der Waals surface area contributed by atoms with E-state index in [2.05, 4.69) is 20.0 Å². The van der Waals surface area contributed by atoms with E-state index in [-0.39, 0.29) is 21.9 Å². The fourth-order valence-corrected chi connectivity index (χ4v) is 1.82. The molecule has 2 heterocycles. The summed E-state index contributed by atoms with van der Waals surface area (Å²) >= 11 is 0. The molecule has 0 radical (unpaired) electrons. The predicted octanol–water partition coefficient (Wildman–Crippen LogP) is 0.679. The second-order valence-electron chi connectivity index (χ2n) is 4.59. The molecule has 3 aromatic rings. The van der Waals surface area contributed by atoms with Gasteiger partial charge in [-0.2, -0.15) is 0 Å². The molecule has 8 N–H and O–H groups in total. The van der Waals surface area contributed by atoms with Crippen LogP contribution < -0.4 is 0 Å². The third kappa shape index (κ3) is 7.51. The van der Waals surface area contributed by atoms with Crippen molar-refractivity contribution in [2.45, 2.75) is 0 Å². The summed E-state index contributed by atoms with van der Waals surface area (Å²) < 4.78 is 0. The normalized spacial score (nSPS) is 9.54. The van der Waals surface area contributed by atoms with Crippen molar-refractivity contribution in [1.82, 2.24) is 9.97 Å². The van der Waals surface area contributed by atoms with Crippen molar-refractivity contribution < 1.29 is 21.9 Å². The number of rotatable bonds is 4. The Labute approximate surface area is 150 Å². The molecule has 3 rings (SSSR count). The summed E-state index contributed by atoms with van der Waals surface area (Å²) in [6.07, 6.45) is 10.6. The van der Waals surface area contributed by atoms with Crippen molar-refractivity contribution in [3.05, 3.63) is 84.4 Å². The van der Waals surface area contributed by atoms with Crippen LogP contribution in [0.2, 0.25) is 0 Å². The Morgan fingerprint density at radius 1 is 0.500 bits per heavy atom. The first-order valence-corrected chi connectivity index (χ1v) is 6.88. The van der Waals surface area contributed by atoms with Gasteiger partial charge in [-0.15, -0.1) is 0 Å². The summed E-state index contributed by atoms with van der Waals surface area (Å²) in [5, 5.41) is 0. The monoisotopic (exact) mass is 358 g/mol. The molecule has 1 aromatic carbocycles. The molecule has 0 atom stereocenters. The number of hydrogen-bond acceptors (Lipinski definition) is 4. The van der Waals surface area contributed by atoms with Gasteiger partial charge in [0.05, 0.1) is 11.4 Å². The highest BCUT2D eigenvalue weighted by Crippen LogP contribution is 2.18. The van der Waals surface area contributed by atoms with Gasteiger partial charge in [0.1, 0.15) is 0 Å². The highest BCUT2D eigenvalue weighted by molar-refractivity contribution is 5.82. The topological polar surface area (TPSA) is 176 Å². The zero-order chi connectivity index (χ0) is 15.0. The van der Waals surface area contributed by atoms with Gasteiger partial charge in [0.25, 0.3) is 0 Å². The molecule has 138 valence electrons. The lowest BCUT2D eigenvalue weighted by Gasteiger charge is -1.96. The third-order valence-electron chi connectivity index (χ3n) is 2.99. The zero-order valence-electron chi connectivity index (χ0n) is 13.9. The minimum Gasteiger partial charge on any atom is -0.412 e. The van der Waals surface area contributed by atoms with Gasteiger partial charge in [0.15, 0.2) is 0 Å². The van der Waals surface area contributed by atoms with Crippen LogP contribution in [0.25, 0.3) is 0 Å². The number of pyridine rings is 2. The standard InChI is InChI=1S/C18H14N4.4H2O/c1-2-18(22-14-16-7-11-20-12-8-16)4-3-17(1)21-13-15-5-9-19-10-6-15;;;;/h1-14H;4*1H2. The second kappa shape index (κ2) is 13.0. The largest absolute Gasteiger partial charge is 0.412 e. The lowest BCUT2D eigenvalue weighted by molar-refractivity contribution is 0.823. The maximum absolute atomic E-state index is 4.42. The van der Waals surface area contributed by atoms with E-state index in [1.165, 1.54) is 0 Å². The summed E-state index contributed by atoms with van der Waals surface area (Å²) in [5.74, 6) is 0. The number of hydrogen-bond donors (Lipinski definition) is 0. The number of aliphatic imine (C=N–C) groups is 2. The van der Waals surface area contributed by atoms with Crippen molar-refractivity contribution >= 4 is 23.8 Å². The van der Waals surface area contributed by atoms with Gasteiger partial charge >= 0.3 is 0 Å². The lowest BCUT2D eigenvalue weighted by atomic mass is 10.2. The molecule has 0 spiro atoms. The van der Waals surface area contributed by atoms with Crippen molar-refractivity contribution in [2.75, 3.05) is 0 Å². The van der Waals surface area contributed by atoms with E-state index in [1.54, 1.807) is 24.8 Å². The van der Waals surface area contributed by atoms with Crippen LogP contribution >= 0.6 is 0 Å². The van der Waals surface area contributed by atoms with Crippen LogP contribution in [0.4, 0.5) is 11.4 Å². The summed E-state index contributed by atoms with van der Waals surface area (Å²) in [5.41, 5.74) is 3.82. The lowest BCUT2D eigenvalue weighted by Crippen LogP contribution is -1.80. The Kier molecular flexibility index (Phi) is 12.5. The Balaban J connectivity index is 0. The first-order chi connectivity index (χ1) is 10.9. The van der Waals surface area contributed by atoms with Crippen molar-refractivity contribution in [2.24, 2.45) is 9.98 Å². The van der Waals surface area contributed by atoms with E-state index in [9.17, 15) is 0 Å². The molecule has 0 fully saturated rings. The maximum atomic E-state index is 4.42. The quantitative estimate of drug-likeness (QED) is 0.623. The number of benzene rings is 1.